The van der Waals surface area contributed by atoms with Crippen molar-refractivity contribution in [3.63, 3.8) is 0 Å². The average molecular weight is 257 g/mol. The van der Waals surface area contributed by atoms with Gasteiger partial charge in [0.15, 0.2) is 0 Å². The van der Waals surface area contributed by atoms with Crippen molar-refractivity contribution >= 4 is 11.8 Å². The first-order chi connectivity index (χ1) is 9.15. The number of hydrogen-bond donors (Lipinski definition) is 0. The van der Waals surface area contributed by atoms with Crippen LogP contribution in [0.15, 0.2) is 12.2 Å². The van der Waals surface area contributed by atoms with Crippen molar-refractivity contribution in [2.24, 2.45) is 35.0 Å². The lowest BCUT2D eigenvalue weighted by Crippen LogP contribution is -2.42. The van der Waals surface area contributed by atoms with Gasteiger partial charge in [0.05, 0.1) is 11.8 Å². The Morgan fingerprint density at radius 1 is 1.11 bits per heavy atom. The number of carbonyl (C=O) groups excluding carboxylic acids is 2. The van der Waals surface area contributed by atoms with Gasteiger partial charge < -0.3 is 0 Å². The quantitative estimate of drug-likeness (QED) is 0.560. The predicted molar refractivity (Wildman–Crippen MR) is 68.8 cm³/mol. The van der Waals surface area contributed by atoms with E-state index in [0.717, 1.165) is 0 Å². The molecule has 0 aromatic rings. The van der Waals surface area contributed by atoms with Gasteiger partial charge in [0, 0.05) is 6.04 Å². The fourth-order valence-corrected chi connectivity index (χ4v) is 5.29. The maximum absolute atomic E-state index is 12.7. The molecule has 4 fully saturated rings. The van der Waals surface area contributed by atoms with Gasteiger partial charge in [-0.25, -0.2) is 0 Å². The van der Waals surface area contributed by atoms with E-state index in [2.05, 4.69) is 19.1 Å². The summed E-state index contributed by atoms with van der Waals surface area (Å²) in [5, 5.41) is 0. The van der Waals surface area contributed by atoms with Crippen LogP contribution in [0, 0.1) is 35.0 Å². The molecule has 1 heterocycles. The molecule has 19 heavy (non-hydrogen) atoms. The van der Waals surface area contributed by atoms with Crippen molar-refractivity contribution in [2.45, 2.75) is 38.6 Å². The van der Waals surface area contributed by atoms with Crippen LogP contribution in [-0.4, -0.2) is 22.8 Å². The van der Waals surface area contributed by atoms with Gasteiger partial charge in [-0.1, -0.05) is 12.2 Å². The van der Waals surface area contributed by atoms with E-state index < -0.39 is 0 Å². The van der Waals surface area contributed by atoms with Crippen LogP contribution in [0.4, 0.5) is 0 Å². The summed E-state index contributed by atoms with van der Waals surface area (Å²) in [7, 11) is 0. The molecule has 2 amide bonds. The largest absolute Gasteiger partial charge is 0.279 e. The third kappa shape index (κ3) is 1.04. The summed E-state index contributed by atoms with van der Waals surface area (Å²) >= 11 is 0. The van der Waals surface area contributed by atoms with E-state index in [1.54, 1.807) is 4.90 Å². The molecule has 1 aliphatic heterocycles. The van der Waals surface area contributed by atoms with E-state index >= 15 is 0 Å². The summed E-state index contributed by atoms with van der Waals surface area (Å²) < 4.78 is 0. The topological polar surface area (TPSA) is 37.4 Å². The summed E-state index contributed by atoms with van der Waals surface area (Å²) in [6.07, 6.45) is 9.30. The molecule has 5 aliphatic rings. The van der Waals surface area contributed by atoms with Gasteiger partial charge in [-0.15, -0.1) is 0 Å². The van der Waals surface area contributed by atoms with E-state index in [4.69, 9.17) is 0 Å². The summed E-state index contributed by atoms with van der Waals surface area (Å²) in [5.74, 6) is 1.60. The Bertz CT molecular complexity index is 495. The van der Waals surface area contributed by atoms with Crippen LogP contribution in [0.1, 0.15) is 32.6 Å². The van der Waals surface area contributed by atoms with Crippen LogP contribution in [0.3, 0.4) is 0 Å². The molecule has 3 saturated carbocycles. The second kappa shape index (κ2) is 2.97. The minimum Gasteiger partial charge on any atom is -0.279 e. The number of fused-ring (bicyclic) bond motifs is 3. The van der Waals surface area contributed by atoms with Crippen LogP contribution in [0.2, 0.25) is 0 Å². The van der Waals surface area contributed by atoms with Crippen LogP contribution in [0.25, 0.3) is 0 Å². The number of rotatable bonds is 2. The number of carbonyl (C=O) groups is 2. The van der Waals surface area contributed by atoms with Crippen LogP contribution < -0.4 is 0 Å². The van der Waals surface area contributed by atoms with Gasteiger partial charge in [0.25, 0.3) is 0 Å². The summed E-state index contributed by atoms with van der Waals surface area (Å²) in [5.41, 5.74) is 0.329. The molecule has 1 saturated heterocycles. The number of likely N-dealkylation sites (tertiary alicyclic amines) is 1. The minimum atomic E-state index is -0.00815. The summed E-state index contributed by atoms with van der Waals surface area (Å²) in [6, 6.07) is 0.139. The van der Waals surface area contributed by atoms with Gasteiger partial charge in [-0.05, 0) is 55.8 Å². The number of imide groups is 1. The monoisotopic (exact) mass is 257 g/mol. The van der Waals surface area contributed by atoms with E-state index in [0.29, 0.717) is 23.2 Å². The van der Waals surface area contributed by atoms with Gasteiger partial charge in [0.1, 0.15) is 0 Å². The lowest BCUT2D eigenvalue weighted by molar-refractivity contribution is -0.144. The summed E-state index contributed by atoms with van der Waals surface area (Å²) in [4.78, 5) is 27.1. The second-order valence-electron chi connectivity index (χ2n) is 7.35. The highest BCUT2D eigenvalue weighted by Crippen LogP contribution is 2.73. The average Bonchev–Trinajstić information content (AvgIpc) is 3.27. The van der Waals surface area contributed by atoms with E-state index in [1.807, 2.05) is 0 Å². The molecular formula is C16H19NO2. The molecule has 0 N–H and O–H groups in total. The maximum atomic E-state index is 12.7. The van der Waals surface area contributed by atoms with Crippen molar-refractivity contribution in [2.75, 3.05) is 0 Å². The predicted octanol–water partition coefficient (Wildman–Crippen LogP) is 1.98. The number of allylic oxidation sites excluding steroid dienone is 2. The Morgan fingerprint density at radius 2 is 1.63 bits per heavy atom. The van der Waals surface area contributed by atoms with Crippen molar-refractivity contribution in [1.82, 2.24) is 4.90 Å². The molecule has 2 bridgehead atoms. The molecule has 4 aliphatic carbocycles. The smallest absolute Gasteiger partial charge is 0.233 e. The molecular weight excluding hydrogens is 238 g/mol. The lowest BCUT2D eigenvalue weighted by Gasteiger charge is -2.26. The molecule has 0 unspecified atom stereocenters. The Labute approximate surface area is 113 Å². The van der Waals surface area contributed by atoms with Gasteiger partial charge in [0.2, 0.25) is 11.8 Å². The first kappa shape index (κ1) is 10.6. The summed E-state index contributed by atoms with van der Waals surface area (Å²) in [6.45, 7) is 2.07. The van der Waals surface area contributed by atoms with E-state index in [9.17, 15) is 9.59 Å². The van der Waals surface area contributed by atoms with Crippen molar-refractivity contribution in [3.05, 3.63) is 12.2 Å². The number of amides is 2. The van der Waals surface area contributed by atoms with Crippen LogP contribution >= 0.6 is 0 Å². The highest BCUT2D eigenvalue weighted by atomic mass is 16.2. The standard InChI is InChI=1S/C16H19NO2/c1-8(9-2-3-9)17-14(18)12-10-4-5-11(13(12)15(17)19)16(10)6-7-16/h4-5,8-13H,2-3,6-7H2,1H3/t8-,10-,11-,12-,13+/m1/s1. The van der Waals surface area contributed by atoms with Crippen molar-refractivity contribution in [1.29, 1.82) is 0 Å². The Kier molecular flexibility index (Phi) is 1.66. The van der Waals surface area contributed by atoms with E-state index in [1.165, 1.54) is 25.7 Å². The zero-order valence-electron chi connectivity index (χ0n) is 11.2. The van der Waals surface area contributed by atoms with Gasteiger partial charge in [-0.2, -0.15) is 0 Å². The van der Waals surface area contributed by atoms with E-state index in [-0.39, 0.29) is 29.7 Å². The highest BCUT2D eigenvalue weighted by molar-refractivity contribution is 6.07. The normalized spacial score (nSPS) is 46.3. The molecule has 0 aromatic heterocycles. The van der Waals surface area contributed by atoms with Crippen LogP contribution in [0.5, 0.6) is 0 Å². The Morgan fingerprint density at radius 3 is 2.05 bits per heavy atom. The lowest BCUT2D eigenvalue weighted by atomic mass is 9.85. The molecule has 0 aromatic carbocycles. The van der Waals surface area contributed by atoms with Crippen molar-refractivity contribution < 1.29 is 9.59 Å². The van der Waals surface area contributed by atoms with Gasteiger partial charge >= 0.3 is 0 Å². The highest BCUT2D eigenvalue weighted by Gasteiger charge is 2.73. The number of hydrogen-bond acceptors (Lipinski definition) is 2. The molecule has 5 atom stereocenters. The minimum absolute atomic E-state index is 0.00815. The zero-order chi connectivity index (χ0) is 12.9. The Hall–Kier alpha value is -1.12. The first-order valence-electron chi connectivity index (χ1n) is 7.70. The maximum Gasteiger partial charge on any atom is 0.233 e. The molecule has 5 rings (SSSR count). The molecule has 100 valence electrons. The Balaban J connectivity index is 1.54. The molecule has 0 radical (unpaired) electrons. The fraction of sp³-hybridized carbons (Fsp3) is 0.750. The molecule has 3 heteroatoms. The third-order valence-corrected chi connectivity index (χ3v) is 6.60. The fourth-order valence-electron chi connectivity index (χ4n) is 5.29. The molecule has 1 spiro atoms. The SMILES string of the molecule is C[C@H](C1CC1)N1C(=O)[C@@H]2[C@H](C1=O)[C@H]1C=C[C@H]2C12CC2. The van der Waals surface area contributed by atoms with Crippen LogP contribution in [-0.2, 0) is 9.59 Å². The second-order valence-corrected chi connectivity index (χ2v) is 7.35. The zero-order valence-corrected chi connectivity index (χ0v) is 11.2. The first-order valence-corrected chi connectivity index (χ1v) is 7.70. The van der Waals surface area contributed by atoms with Crippen molar-refractivity contribution in [3.8, 4) is 0 Å². The van der Waals surface area contributed by atoms with Gasteiger partial charge in [-0.3, -0.25) is 14.5 Å². The number of nitrogens with zero attached hydrogens (tertiary/aromatic N) is 1. The molecule has 3 nitrogen and oxygen atoms in total. The third-order valence-electron chi connectivity index (χ3n) is 6.60.